The molecule has 7 fully saturated rings. The van der Waals surface area contributed by atoms with E-state index in [0.29, 0.717) is 5.92 Å². The Hall–Kier alpha value is -1.31. The topological polar surface area (TPSA) is 26.3 Å². The van der Waals surface area contributed by atoms with Gasteiger partial charge >= 0.3 is 5.97 Å². The molecule has 0 spiro atoms. The first-order chi connectivity index (χ1) is 15.3. The van der Waals surface area contributed by atoms with Crippen molar-refractivity contribution in [2.75, 3.05) is 0 Å². The number of fused-ring (bicyclic) bond motifs is 6. The summed E-state index contributed by atoms with van der Waals surface area (Å²) in [5, 5.41) is 0. The highest BCUT2D eigenvalue weighted by Crippen LogP contribution is 2.75. The molecule has 8 aliphatic rings. The van der Waals surface area contributed by atoms with Gasteiger partial charge in [-0.2, -0.15) is 0 Å². The Morgan fingerprint density at radius 3 is 2.10 bits per heavy atom. The van der Waals surface area contributed by atoms with E-state index >= 15 is 0 Å². The van der Waals surface area contributed by atoms with Gasteiger partial charge in [-0.1, -0.05) is 12.1 Å². The maximum absolute atomic E-state index is 13.8. The van der Waals surface area contributed by atoms with Crippen LogP contribution in [0.5, 0.6) is 5.75 Å². The molecule has 31 heavy (non-hydrogen) atoms. The first-order valence-electron chi connectivity index (χ1n) is 13.6. The van der Waals surface area contributed by atoms with Gasteiger partial charge in [-0.25, -0.2) is 0 Å². The van der Waals surface area contributed by atoms with Crippen LogP contribution in [-0.2, 0) is 17.6 Å². The first kappa shape index (κ1) is 18.2. The predicted molar refractivity (Wildman–Crippen MR) is 119 cm³/mol. The normalized spacial score (nSPS) is 50.3. The average molecular weight is 417 g/mol. The van der Waals surface area contributed by atoms with E-state index in [9.17, 15) is 4.79 Å². The zero-order valence-electron chi connectivity index (χ0n) is 18.7. The van der Waals surface area contributed by atoms with Crippen LogP contribution in [0.25, 0.3) is 0 Å². The van der Waals surface area contributed by atoms with E-state index in [0.717, 1.165) is 78.3 Å². The largest absolute Gasteiger partial charge is 0.426 e. The Labute approximate surface area is 186 Å². The number of hydrogen-bond acceptors (Lipinski definition) is 2. The average Bonchev–Trinajstić information content (AvgIpc) is 3.61. The molecule has 9 atom stereocenters. The van der Waals surface area contributed by atoms with Crippen LogP contribution < -0.4 is 4.74 Å². The maximum atomic E-state index is 13.8. The van der Waals surface area contributed by atoms with E-state index < -0.39 is 0 Å². The molecule has 2 nitrogen and oxygen atoms in total. The van der Waals surface area contributed by atoms with E-state index in [4.69, 9.17) is 4.74 Å². The quantitative estimate of drug-likeness (QED) is 0.433. The second-order valence-electron chi connectivity index (χ2n) is 12.6. The van der Waals surface area contributed by atoms with Gasteiger partial charge in [-0.15, -0.1) is 0 Å². The third-order valence-electron chi connectivity index (χ3n) is 11.8. The Morgan fingerprint density at radius 1 is 0.742 bits per heavy atom. The molecule has 2 heteroatoms. The lowest BCUT2D eigenvalue weighted by molar-refractivity contribution is -0.175. The number of ether oxygens (including phenoxy) is 1. The monoisotopic (exact) mass is 416 g/mol. The maximum Gasteiger partial charge on any atom is 0.314 e. The highest BCUT2D eigenvalue weighted by Gasteiger charge is 2.70. The standard InChI is InChI=1S/C29H36O2/c30-29(31-23-7-3-5-15-4-1-2-6-20(15)23)22-14-21-24-16-8-10-18(12-16)26(24)28(22)27-19-11-9-17(13-19)25(21)27/h3,5,7,16-19,21-22,24-28H,1-2,4,6,8-14H2. The molecule has 1 aromatic carbocycles. The first-order valence-corrected chi connectivity index (χ1v) is 13.6. The van der Waals surface area contributed by atoms with Gasteiger partial charge in [-0.3, -0.25) is 4.79 Å². The van der Waals surface area contributed by atoms with Crippen LogP contribution in [0.15, 0.2) is 18.2 Å². The molecule has 164 valence electrons. The fourth-order valence-electron chi connectivity index (χ4n) is 11.3. The molecule has 6 bridgehead atoms. The Bertz CT molecular complexity index is 901. The van der Waals surface area contributed by atoms with Gasteiger partial charge in [0.1, 0.15) is 5.75 Å². The minimum absolute atomic E-state index is 0.149. The fourth-order valence-corrected chi connectivity index (χ4v) is 11.3. The van der Waals surface area contributed by atoms with Gasteiger partial charge in [0.15, 0.2) is 0 Å². The summed E-state index contributed by atoms with van der Waals surface area (Å²) >= 11 is 0. The molecule has 0 heterocycles. The highest BCUT2D eigenvalue weighted by atomic mass is 16.5. The number of hydrogen-bond donors (Lipinski definition) is 0. The SMILES string of the molecule is O=C(Oc1cccc2c1CCCC2)C1CC2C3C4CCC(C4)C3C1C1C3CCC(C3)C21. The summed E-state index contributed by atoms with van der Waals surface area (Å²) in [7, 11) is 0. The van der Waals surface area contributed by atoms with Crippen molar-refractivity contribution in [3.63, 3.8) is 0 Å². The number of aryl methyl sites for hydroxylation is 1. The molecule has 1 aromatic rings. The molecule has 9 unspecified atom stereocenters. The van der Waals surface area contributed by atoms with Gasteiger partial charge < -0.3 is 4.74 Å². The molecule has 0 saturated heterocycles. The van der Waals surface area contributed by atoms with Crippen molar-refractivity contribution in [3.8, 4) is 5.75 Å². The molecule has 0 amide bonds. The van der Waals surface area contributed by atoms with E-state index in [1.54, 1.807) is 0 Å². The van der Waals surface area contributed by atoms with E-state index in [1.807, 2.05) is 0 Å². The number of rotatable bonds is 2. The van der Waals surface area contributed by atoms with Gasteiger partial charge in [0.2, 0.25) is 0 Å². The molecule has 0 aliphatic heterocycles. The second kappa shape index (κ2) is 6.39. The molecule has 7 saturated carbocycles. The van der Waals surface area contributed by atoms with Crippen LogP contribution in [0.4, 0.5) is 0 Å². The minimum atomic E-state index is 0.149. The van der Waals surface area contributed by atoms with Crippen molar-refractivity contribution in [2.24, 2.45) is 65.1 Å². The Morgan fingerprint density at radius 2 is 1.39 bits per heavy atom. The van der Waals surface area contributed by atoms with Crippen molar-refractivity contribution in [1.82, 2.24) is 0 Å². The Kier molecular flexibility index (Phi) is 3.74. The van der Waals surface area contributed by atoms with E-state index in [1.165, 1.54) is 62.5 Å². The zero-order chi connectivity index (χ0) is 20.3. The second-order valence-corrected chi connectivity index (χ2v) is 12.6. The zero-order valence-corrected chi connectivity index (χ0v) is 18.7. The summed E-state index contributed by atoms with van der Waals surface area (Å²) in [5.41, 5.74) is 2.75. The fraction of sp³-hybridized carbons (Fsp3) is 0.759. The molecule has 8 aliphatic carbocycles. The van der Waals surface area contributed by atoms with Gasteiger partial charge in [0.25, 0.3) is 0 Å². The summed E-state index contributed by atoms with van der Waals surface area (Å²) < 4.78 is 6.32. The molecular weight excluding hydrogens is 380 g/mol. The van der Waals surface area contributed by atoms with Gasteiger partial charge in [0.05, 0.1) is 5.92 Å². The van der Waals surface area contributed by atoms with Crippen LogP contribution >= 0.6 is 0 Å². The third-order valence-corrected chi connectivity index (χ3v) is 11.8. The number of carbonyl (C=O) groups is 1. The lowest BCUT2D eigenvalue weighted by Gasteiger charge is -2.62. The lowest BCUT2D eigenvalue weighted by Crippen LogP contribution is -2.59. The smallest absolute Gasteiger partial charge is 0.314 e. The predicted octanol–water partition coefficient (Wildman–Crippen LogP) is 6.06. The summed E-state index contributed by atoms with van der Waals surface area (Å²) in [6.45, 7) is 0. The van der Waals surface area contributed by atoms with Gasteiger partial charge in [-0.05, 0) is 147 Å². The summed E-state index contributed by atoms with van der Waals surface area (Å²) in [6, 6.07) is 6.43. The van der Waals surface area contributed by atoms with Crippen molar-refractivity contribution in [1.29, 1.82) is 0 Å². The van der Waals surface area contributed by atoms with Crippen molar-refractivity contribution >= 4 is 5.97 Å². The van der Waals surface area contributed by atoms with Crippen LogP contribution in [0.1, 0.15) is 68.9 Å². The van der Waals surface area contributed by atoms with Crippen LogP contribution in [0, 0.1) is 65.1 Å². The number of carbonyl (C=O) groups excluding carboxylic acids is 1. The minimum Gasteiger partial charge on any atom is -0.426 e. The lowest BCUT2D eigenvalue weighted by atomic mass is 9.42. The molecule has 0 N–H and O–H groups in total. The van der Waals surface area contributed by atoms with Crippen molar-refractivity contribution < 1.29 is 9.53 Å². The highest BCUT2D eigenvalue weighted by molar-refractivity contribution is 5.76. The number of benzene rings is 1. The number of esters is 1. The molecule has 0 radical (unpaired) electrons. The molecule has 9 rings (SSSR count). The summed E-state index contributed by atoms with van der Waals surface area (Å²) in [4.78, 5) is 13.8. The van der Waals surface area contributed by atoms with E-state index in [-0.39, 0.29) is 11.9 Å². The van der Waals surface area contributed by atoms with Gasteiger partial charge in [0, 0.05) is 0 Å². The van der Waals surface area contributed by atoms with Crippen LogP contribution in [0.3, 0.4) is 0 Å². The summed E-state index contributed by atoms with van der Waals surface area (Å²) in [6.07, 6.45) is 14.8. The van der Waals surface area contributed by atoms with Crippen molar-refractivity contribution in [2.45, 2.75) is 70.6 Å². The van der Waals surface area contributed by atoms with E-state index in [2.05, 4.69) is 18.2 Å². The van der Waals surface area contributed by atoms with Crippen molar-refractivity contribution in [3.05, 3.63) is 29.3 Å². The molecular formula is C29H36O2. The van der Waals surface area contributed by atoms with Crippen LogP contribution in [0.2, 0.25) is 0 Å². The summed E-state index contributed by atoms with van der Waals surface area (Å²) in [5.74, 6) is 10.3. The third kappa shape index (κ3) is 2.33. The molecule has 0 aromatic heterocycles. The van der Waals surface area contributed by atoms with Crippen LogP contribution in [-0.4, -0.2) is 5.97 Å². The Balaban J connectivity index is 1.14.